The summed E-state index contributed by atoms with van der Waals surface area (Å²) in [5, 5.41) is 7.60. The number of hydrogen-bond donors (Lipinski definition) is 1. The summed E-state index contributed by atoms with van der Waals surface area (Å²) in [6.07, 6.45) is 3.82. The molecule has 4 rings (SSSR count). The van der Waals surface area contributed by atoms with Gasteiger partial charge < -0.3 is 9.32 Å². The SMILES string of the molecule is O=C(C(=O)N1CCC(c2cc(Cc3ccccc3)[nH]n2)CC1)c1ccco1. The number of nitrogens with zero attached hydrogens (tertiary/aromatic N) is 2. The van der Waals surface area contributed by atoms with Crippen LogP contribution in [0.3, 0.4) is 0 Å². The number of rotatable bonds is 5. The molecule has 0 spiro atoms. The van der Waals surface area contributed by atoms with Crippen molar-refractivity contribution in [1.82, 2.24) is 15.1 Å². The van der Waals surface area contributed by atoms with Crippen molar-refractivity contribution in [2.45, 2.75) is 25.2 Å². The second kappa shape index (κ2) is 7.61. The molecule has 0 bridgehead atoms. The molecule has 1 N–H and O–H groups in total. The summed E-state index contributed by atoms with van der Waals surface area (Å²) < 4.78 is 5.04. The van der Waals surface area contributed by atoms with E-state index in [-0.39, 0.29) is 5.76 Å². The number of likely N-dealkylation sites (tertiary alicyclic amines) is 1. The molecule has 0 saturated carbocycles. The zero-order valence-electron chi connectivity index (χ0n) is 14.9. The summed E-state index contributed by atoms with van der Waals surface area (Å²) in [6, 6.07) is 15.5. The maximum Gasteiger partial charge on any atom is 0.298 e. The fourth-order valence-electron chi connectivity index (χ4n) is 3.53. The van der Waals surface area contributed by atoms with E-state index < -0.39 is 11.7 Å². The second-order valence-electron chi connectivity index (χ2n) is 6.85. The highest BCUT2D eigenvalue weighted by Gasteiger charge is 2.30. The zero-order chi connectivity index (χ0) is 18.6. The molecular formula is C21H21N3O3. The lowest BCUT2D eigenvalue weighted by Crippen LogP contribution is -2.41. The molecule has 1 aliphatic heterocycles. The van der Waals surface area contributed by atoms with Gasteiger partial charge in [-0.3, -0.25) is 14.7 Å². The summed E-state index contributed by atoms with van der Waals surface area (Å²) in [4.78, 5) is 26.1. The summed E-state index contributed by atoms with van der Waals surface area (Å²) in [7, 11) is 0. The Hall–Kier alpha value is -3.15. The molecule has 2 aromatic heterocycles. The number of aromatic nitrogens is 2. The minimum absolute atomic E-state index is 0.0972. The fourth-order valence-corrected chi connectivity index (χ4v) is 3.53. The van der Waals surface area contributed by atoms with Crippen LogP contribution in [0.25, 0.3) is 0 Å². The first-order valence-corrected chi connectivity index (χ1v) is 9.16. The van der Waals surface area contributed by atoms with Gasteiger partial charge in [0.1, 0.15) is 0 Å². The third kappa shape index (κ3) is 3.84. The largest absolute Gasteiger partial charge is 0.461 e. The number of amides is 1. The van der Waals surface area contributed by atoms with Crippen LogP contribution in [-0.4, -0.2) is 39.9 Å². The van der Waals surface area contributed by atoms with Crippen LogP contribution in [0.15, 0.2) is 59.2 Å². The number of H-pyrrole nitrogens is 1. The summed E-state index contributed by atoms with van der Waals surface area (Å²) in [6.45, 7) is 1.10. The van der Waals surface area contributed by atoms with Crippen molar-refractivity contribution in [3.8, 4) is 0 Å². The molecule has 1 amide bonds. The number of hydrogen-bond acceptors (Lipinski definition) is 4. The molecule has 6 nitrogen and oxygen atoms in total. The molecule has 3 heterocycles. The summed E-state index contributed by atoms with van der Waals surface area (Å²) >= 11 is 0. The maximum absolute atomic E-state index is 12.3. The molecule has 0 atom stereocenters. The van der Waals surface area contributed by atoms with E-state index in [1.165, 1.54) is 17.9 Å². The van der Waals surface area contributed by atoms with E-state index >= 15 is 0 Å². The van der Waals surface area contributed by atoms with Crippen LogP contribution in [0.4, 0.5) is 0 Å². The monoisotopic (exact) mass is 363 g/mol. The van der Waals surface area contributed by atoms with E-state index in [1.807, 2.05) is 18.2 Å². The topological polar surface area (TPSA) is 79.2 Å². The number of aromatic amines is 1. The Kier molecular flexibility index (Phi) is 4.87. The highest BCUT2D eigenvalue weighted by Crippen LogP contribution is 2.27. The average Bonchev–Trinajstić information content (AvgIpc) is 3.40. The Morgan fingerprint density at radius 2 is 1.89 bits per heavy atom. The van der Waals surface area contributed by atoms with E-state index in [0.29, 0.717) is 19.0 Å². The van der Waals surface area contributed by atoms with Crippen LogP contribution in [0, 0.1) is 0 Å². The predicted octanol–water partition coefficient (Wildman–Crippen LogP) is 3.18. The lowest BCUT2D eigenvalue weighted by Gasteiger charge is -2.30. The maximum atomic E-state index is 12.3. The number of benzene rings is 1. The Labute approximate surface area is 157 Å². The molecule has 0 unspecified atom stereocenters. The molecule has 0 aliphatic carbocycles. The number of Topliss-reactive ketones (excluding diaryl/α,β-unsaturated/α-hetero) is 1. The van der Waals surface area contributed by atoms with E-state index in [4.69, 9.17) is 4.42 Å². The lowest BCUT2D eigenvalue weighted by atomic mass is 9.93. The number of ketones is 1. The smallest absolute Gasteiger partial charge is 0.298 e. The molecule has 138 valence electrons. The quantitative estimate of drug-likeness (QED) is 0.558. The van der Waals surface area contributed by atoms with E-state index in [0.717, 1.165) is 30.7 Å². The van der Waals surface area contributed by atoms with Gasteiger partial charge in [0.05, 0.1) is 12.0 Å². The number of furan rings is 1. The molecule has 27 heavy (non-hydrogen) atoms. The third-order valence-electron chi connectivity index (χ3n) is 5.03. The van der Waals surface area contributed by atoms with Gasteiger partial charge in [-0.1, -0.05) is 30.3 Å². The number of nitrogens with one attached hydrogen (secondary N) is 1. The highest BCUT2D eigenvalue weighted by molar-refractivity contribution is 6.41. The van der Waals surface area contributed by atoms with Gasteiger partial charge in [-0.2, -0.15) is 5.10 Å². The minimum Gasteiger partial charge on any atom is -0.461 e. The van der Waals surface area contributed by atoms with Crippen molar-refractivity contribution in [2.24, 2.45) is 0 Å². The zero-order valence-corrected chi connectivity index (χ0v) is 14.9. The fraction of sp³-hybridized carbons (Fsp3) is 0.286. The van der Waals surface area contributed by atoms with Crippen molar-refractivity contribution < 1.29 is 14.0 Å². The van der Waals surface area contributed by atoms with Gasteiger partial charge in [0.2, 0.25) is 0 Å². The molecule has 1 aromatic carbocycles. The van der Waals surface area contributed by atoms with Crippen LogP contribution >= 0.6 is 0 Å². The summed E-state index contributed by atoms with van der Waals surface area (Å²) in [5.74, 6) is -0.674. The van der Waals surface area contributed by atoms with Gasteiger partial charge in [0.15, 0.2) is 5.76 Å². The van der Waals surface area contributed by atoms with Crippen molar-refractivity contribution in [1.29, 1.82) is 0 Å². The molecule has 0 radical (unpaired) electrons. The van der Waals surface area contributed by atoms with Gasteiger partial charge in [0.25, 0.3) is 11.7 Å². The predicted molar refractivity (Wildman–Crippen MR) is 99.4 cm³/mol. The van der Waals surface area contributed by atoms with Crippen LogP contribution < -0.4 is 0 Å². The number of carbonyl (C=O) groups excluding carboxylic acids is 2. The normalized spacial score (nSPS) is 15.0. The van der Waals surface area contributed by atoms with Gasteiger partial charge in [0, 0.05) is 31.1 Å². The first-order chi connectivity index (χ1) is 13.2. The van der Waals surface area contributed by atoms with Crippen molar-refractivity contribution in [2.75, 3.05) is 13.1 Å². The van der Waals surface area contributed by atoms with Crippen LogP contribution in [0.2, 0.25) is 0 Å². The number of piperidine rings is 1. The van der Waals surface area contributed by atoms with Crippen molar-refractivity contribution in [3.05, 3.63) is 77.5 Å². The molecule has 6 heteroatoms. The van der Waals surface area contributed by atoms with Crippen molar-refractivity contribution >= 4 is 11.7 Å². The lowest BCUT2D eigenvalue weighted by molar-refractivity contribution is -0.127. The Morgan fingerprint density at radius 3 is 2.59 bits per heavy atom. The minimum atomic E-state index is -0.580. The van der Waals surface area contributed by atoms with Crippen LogP contribution in [0.1, 0.15) is 46.3 Å². The summed E-state index contributed by atoms with van der Waals surface area (Å²) in [5.41, 5.74) is 3.36. The van der Waals surface area contributed by atoms with Gasteiger partial charge in [-0.05, 0) is 36.6 Å². The second-order valence-corrected chi connectivity index (χ2v) is 6.85. The van der Waals surface area contributed by atoms with E-state index in [2.05, 4.69) is 28.4 Å². The average molecular weight is 363 g/mol. The Morgan fingerprint density at radius 1 is 1.11 bits per heavy atom. The Bertz CT molecular complexity index is 907. The first kappa shape index (κ1) is 17.3. The van der Waals surface area contributed by atoms with E-state index in [9.17, 15) is 9.59 Å². The van der Waals surface area contributed by atoms with Gasteiger partial charge in [-0.25, -0.2) is 0 Å². The molecule has 3 aromatic rings. The van der Waals surface area contributed by atoms with Crippen LogP contribution in [0.5, 0.6) is 0 Å². The van der Waals surface area contributed by atoms with Crippen LogP contribution in [-0.2, 0) is 11.2 Å². The highest BCUT2D eigenvalue weighted by atomic mass is 16.3. The van der Waals surface area contributed by atoms with Gasteiger partial charge >= 0.3 is 0 Å². The van der Waals surface area contributed by atoms with Gasteiger partial charge in [-0.15, -0.1) is 0 Å². The van der Waals surface area contributed by atoms with Crippen molar-refractivity contribution in [3.63, 3.8) is 0 Å². The molecule has 1 aliphatic rings. The first-order valence-electron chi connectivity index (χ1n) is 9.16. The standard InChI is InChI=1S/C21H21N3O3/c25-20(19-7-4-12-27-19)21(26)24-10-8-16(9-11-24)18-14-17(22-23-18)13-15-5-2-1-3-6-15/h1-7,12,14,16H,8-11,13H2,(H,22,23). The number of carbonyl (C=O) groups is 2. The third-order valence-corrected chi connectivity index (χ3v) is 5.03. The van der Waals surface area contributed by atoms with E-state index in [1.54, 1.807) is 11.0 Å². The molecule has 1 fully saturated rings. The molecule has 1 saturated heterocycles. The Balaban J connectivity index is 1.34. The molecular weight excluding hydrogens is 342 g/mol.